The van der Waals surface area contributed by atoms with Crippen LogP contribution in [0.15, 0.2) is 115 Å². The Kier molecular flexibility index (Phi) is 40.4. The molecule has 0 bridgehead atoms. The number of thioether (sulfide) groups is 2. The van der Waals surface area contributed by atoms with E-state index in [1.54, 1.807) is 116 Å². The number of cyclic esters (lactones) is 1. The molecule has 2 saturated heterocycles. The van der Waals surface area contributed by atoms with Crippen LogP contribution in [0.1, 0.15) is 137 Å². The molecule has 12 rings (SSSR count). The predicted molar refractivity (Wildman–Crippen MR) is 503 cm³/mol. The second-order valence-electron chi connectivity index (χ2n) is 33.6. The van der Waals surface area contributed by atoms with Gasteiger partial charge in [0.1, 0.15) is 51.1 Å². The topological polar surface area (TPSA) is 524 Å². The molecule has 6 aromatic rings. The number of fused-ring (bicyclic) bond motifs is 5. The van der Waals surface area contributed by atoms with Crippen molar-refractivity contribution < 1.29 is 124 Å². The van der Waals surface area contributed by atoms with Gasteiger partial charge in [-0.25, -0.2) is 14.2 Å². The van der Waals surface area contributed by atoms with E-state index in [2.05, 4.69) is 53.2 Å². The van der Waals surface area contributed by atoms with Crippen molar-refractivity contribution in [1.82, 2.24) is 77.4 Å². The average Bonchev–Trinajstić information content (AvgIpc) is 1.53. The zero-order valence-corrected chi connectivity index (χ0v) is 79.9. The number of rotatable bonds is 54. The number of morpholine rings is 2. The molecule has 44 heteroatoms. The first-order valence-corrected chi connectivity index (χ1v) is 48.2. The third-order valence-corrected chi connectivity index (χ3v) is 26.2. The first kappa shape index (κ1) is 106. The summed E-state index contributed by atoms with van der Waals surface area (Å²) in [6.45, 7) is 4.86. The van der Waals surface area contributed by atoms with E-state index in [4.69, 9.17) is 47.6 Å². The van der Waals surface area contributed by atoms with E-state index in [1.165, 1.54) is 15.5 Å². The second kappa shape index (κ2) is 53.2. The summed E-state index contributed by atoms with van der Waals surface area (Å²) in [7, 11) is 1.58. The van der Waals surface area contributed by atoms with E-state index in [1.807, 2.05) is 0 Å². The maximum atomic E-state index is 15.5. The van der Waals surface area contributed by atoms with Crippen molar-refractivity contribution in [2.45, 2.75) is 138 Å². The van der Waals surface area contributed by atoms with Crippen LogP contribution >= 0.6 is 23.5 Å². The molecule has 1 aliphatic carbocycles. The molecular weight excluding hydrogens is 1860 g/mol. The van der Waals surface area contributed by atoms with Gasteiger partial charge < -0.3 is 115 Å². The molecule has 5 aliphatic heterocycles. The third-order valence-electron chi connectivity index (χ3n) is 23.9. The summed E-state index contributed by atoms with van der Waals surface area (Å²) in [4.78, 5) is 225. The number of aliphatic hydroxyl groups is 1. The molecule has 4 aromatic carbocycles. The lowest BCUT2D eigenvalue weighted by Gasteiger charge is -2.31. The quantitative estimate of drug-likeness (QED) is 0.0112. The summed E-state index contributed by atoms with van der Waals surface area (Å²) in [5.41, 5.74) is 2.39. The van der Waals surface area contributed by atoms with Crippen LogP contribution in [0.3, 0.4) is 0 Å². The van der Waals surface area contributed by atoms with Crippen molar-refractivity contribution in [2.75, 3.05) is 178 Å². The van der Waals surface area contributed by atoms with Crippen LogP contribution in [-0.4, -0.2) is 308 Å². The molecule has 752 valence electrons. The first-order chi connectivity index (χ1) is 67.7. The van der Waals surface area contributed by atoms with Gasteiger partial charge in [-0.05, 0) is 135 Å². The molecule has 0 radical (unpaired) electrons. The fourth-order valence-electron chi connectivity index (χ4n) is 16.4. The van der Waals surface area contributed by atoms with Crippen LogP contribution in [0.25, 0.3) is 22.3 Å². The largest absolute Gasteiger partial charge is 0.458 e. The van der Waals surface area contributed by atoms with E-state index < -0.39 is 152 Å². The number of aromatic nitrogens is 2. The zero-order chi connectivity index (χ0) is 99.6. The number of methoxy groups -OCH3 is 1. The van der Waals surface area contributed by atoms with Crippen LogP contribution in [0.2, 0.25) is 0 Å². The van der Waals surface area contributed by atoms with Crippen LogP contribution in [0.4, 0.5) is 4.39 Å². The van der Waals surface area contributed by atoms with Crippen LogP contribution in [-0.2, 0) is 137 Å². The number of nitrogens with one attached hydrogen (secondary N) is 10. The van der Waals surface area contributed by atoms with Gasteiger partial charge in [0.2, 0.25) is 59.1 Å². The number of carbonyl (C=O) groups excluding carboxylic acids is 15. The van der Waals surface area contributed by atoms with Crippen molar-refractivity contribution >= 4 is 123 Å². The van der Waals surface area contributed by atoms with Crippen molar-refractivity contribution in [3.05, 3.63) is 167 Å². The Bertz CT molecular complexity index is 5490. The molecular formula is C96H118FN15O26S2. The molecule has 2 aromatic heterocycles. The van der Waals surface area contributed by atoms with Gasteiger partial charge in [0.15, 0.2) is 5.60 Å². The maximum absolute atomic E-state index is 15.5. The molecule has 6 aliphatic rings. The van der Waals surface area contributed by atoms with Crippen molar-refractivity contribution in [2.24, 2.45) is 0 Å². The molecule has 11 N–H and O–H groups in total. The van der Waals surface area contributed by atoms with Gasteiger partial charge in [0.05, 0.1) is 137 Å². The minimum absolute atomic E-state index is 0.0172. The molecule has 41 nitrogen and oxygen atoms in total. The monoisotopic (exact) mass is 1980 g/mol. The number of imide groups is 1. The van der Waals surface area contributed by atoms with E-state index in [0.29, 0.717) is 196 Å². The summed E-state index contributed by atoms with van der Waals surface area (Å²) in [5, 5.41) is 38.1. The average molecular weight is 1980 g/mol. The highest BCUT2D eigenvalue weighted by Gasteiger charge is 2.47. The number of unbranched alkanes of at least 4 members (excludes halogenated alkanes) is 3. The second-order valence-corrected chi connectivity index (χ2v) is 35.8. The summed E-state index contributed by atoms with van der Waals surface area (Å²) < 4.78 is 65.1. The number of halogens is 1. The summed E-state index contributed by atoms with van der Waals surface area (Å²) in [5.74, 6) is -9.22. The molecule has 0 spiro atoms. The number of benzene rings is 4. The number of nitrogens with zero attached hydrogens (tertiary/aromatic N) is 5. The minimum Gasteiger partial charge on any atom is -0.458 e. The molecule has 140 heavy (non-hydrogen) atoms. The van der Waals surface area contributed by atoms with Gasteiger partial charge >= 0.3 is 5.97 Å². The number of hydrogen-bond donors (Lipinski definition) is 11. The Labute approximate surface area is 814 Å². The highest BCUT2D eigenvalue weighted by molar-refractivity contribution is 8.08. The highest BCUT2D eigenvalue weighted by atomic mass is 32.2. The Balaban J connectivity index is 0.549. The van der Waals surface area contributed by atoms with E-state index >= 15 is 4.39 Å². The van der Waals surface area contributed by atoms with Crippen LogP contribution < -0.4 is 58.7 Å². The van der Waals surface area contributed by atoms with Gasteiger partial charge in [-0.3, -0.25) is 76.8 Å². The predicted octanol–water partition coefficient (Wildman–Crippen LogP) is 1.57. The molecule has 7 heterocycles. The molecule has 14 amide bonds. The van der Waals surface area contributed by atoms with Crippen molar-refractivity contribution in [1.29, 1.82) is 0 Å². The number of amides is 14. The number of hydrogen-bond acceptors (Lipinski definition) is 29. The maximum Gasteiger partial charge on any atom is 0.343 e. The van der Waals surface area contributed by atoms with Crippen molar-refractivity contribution in [3.8, 4) is 11.4 Å². The van der Waals surface area contributed by atoms with Gasteiger partial charge in [0, 0.05) is 122 Å². The number of carbonyl (C=O) groups is 15. The number of aryl methyl sites for hydroxylation is 1. The van der Waals surface area contributed by atoms with Crippen molar-refractivity contribution in [3.63, 3.8) is 0 Å². The van der Waals surface area contributed by atoms with Gasteiger partial charge in [-0.15, -0.1) is 0 Å². The van der Waals surface area contributed by atoms with Crippen LogP contribution in [0, 0.1) is 12.7 Å². The lowest BCUT2D eigenvalue weighted by atomic mass is 9.81. The van der Waals surface area contributed by atoms with E-state index in [0.717, 1.165) is 23.5 Å². The van der Waals surface area contributed by atoms with Gasteiger partial charge in [-0.2, -0.15) is 0 Å². The third kappa shape index (κ3) is 29.6. The van der Waals surface area contributed by atoms with E-state index in [9.17, 15) is 81.8 Å². The smallest absolute Gasteiger partial charge is 0.343 e. The number of pyridine rings is 2. The Hall–Kier alpha value is -12.5. The lowest BCUT2D eigenvalue weighted by Crippen LogP contribution is -2.52. The SMILES string of the molecule is CC[C@@]1(O)C(=O)OCc2c1cc1n(c2=O)Cc2c-1nc1cc(F)c(C)c3c1c2[C@@H](NC(=O)COCNC(=O)CNC(=O)[C@H](Cc1ccccc1)NC(=O)CNC(=O)CNC(=O)COCC(=O)NCCNC(=O)[C@H](CCCCNC(=O)CCOCCOCCOCCOC)NC(=O)CCCCCN1C(=O)C(Sc2ccc(C(=O)N4CCOCC4)cc2)=C(Sc2ccc(C(=O)N4CCOCC4)cc2)C1=O)CC3. The van der Waals surface area contributed by atoms with Gasteiger partial charge in [0.25, 0.3) is 29.2 Å². The molecule has 0 saturated carbocycles. The Morgan fingerprint density at radius 3 is 1.78 bits per heavy atom. The van der Waals surface area contributed by atoms with E-state index in [-0.39, 0.29) is 129 Å². The Morgan fingerprint density at radius 1 is 0.564 bits per heavy atom. The summed E-state index contributed by atoms with van der Waals surface area (Å²) >= 11 is 2.20. The molecule has 4 atom stereocenters. The summed E-state index contributed by atoms with van der Waals surface area (Å²) in [6, 6.07) is 22.0. The lowest BCUT2D eigenvalue weighted by molar-refractivity contribution is -0.172. The standard InChI is InChI=1S/C96H118FN15O26S2/c1-4-96(129)68-48-74-85-66(53-112(74)92(125)67(68)54-138-95(96)128)84-70(26-25-65-59(2)69(97)49-72(108-85)83(65)84)105-82(120)57-137-58-104-78(116)51-103-89(122)73(47-60-13-7-5-8-14-60)107-79(117)52-101-77(115)50-102-81(119)56-136-55-80(118)99-29-30-100-88(121)71(15-10-11-28-98-75(113)27-36-131-43-44-135-46-45-134-42-41-130-3)106-76(114)16-9-6-12-31-111-93(126)86(139-63-21-17-61(18-22-63)90(123)109-32-37-132-38-33-109)87(94(111)127)140-64-23-19-62(20-24-64)91(124)110-34-39-133-40-35-110/h5,7-8,13-14,17-24,48-49,70-71,73,129H,4,6,9-12,15-16,25-47,50-58H2,1-3H3,(H,98,113)(H,99,118)(H,100,121)(H,101,115)(H,102,119)(H,103,122)(H,104,116)(H,105,120)(H,106,114)(H,107,117)/t70-,71-,73-,96-/m0/s1. The minimum atomic E-state index is -2.09. The number of esters is 1. The normalized spacial score (nSPS) is 16.2. The molecule has 0 unspecified atom stereocenters. The summed E-state index contributed by atoms with van der Waals surface area (Å²) in [6.07, 6.45) is 2.64. The fraction of sp³-hybridized carbons (Fsp3) is 0.490. The number of ether oxygens (including phenoxy) is 9. The van der Waals surface area contributed by atoms with Crippen LogP contribution in [0.5, 0.6) is 0 Å². The highest BCUT2D eigenvalue weighted by Crippen LogP contribution is 2.47. The fourth-order valence-corrected chi connectivity index (χ4v) is 18.4. The van der Waals surface area contributed by atoms with Gasteiger partial charge in [-0.1, -0.05) is 67.2 Å². The zero-order valence-electron chi connectivity index (χ0n) is 78.3. The first-order valence-electron chi connectivity index (χ1n) is 46.6. The molecule has 2 fully saturated rings. The Morgan fingerprint density at radius 2 is 1.14 bits per heavy atom.